The van der Waals surface area contributed by atoms with Gasteiger partial charge in [0.2, 0.25) is 0 Å². The standard InChI is InChI=1S/C13H15N3O4/c1-13(20,6-11(17)18)8-15-12(19)16-10-4-2-9(7-14)3-5-10/h2-5,20H,6,8H2,1H3,(H,17,18)(H2,15,16,19). The number of anilines is 1. The minimum Gasteiger partial charge on any atom is -0.481 e. The van der Waals surface area contributed by atoms with Crippen LogP contribution in [0.4, 0.5) is 10.5 Å². The van der Waals surface area contributed by atoms with Crippen molar-refractivity contribution in [1.82, 2.24) is 5.32 Å². The molecule has 1 atom stereocenters. The first-order chi connectivity index (χ1) is 9.32. The van der Waals surface area contributed by atoms with Crippen LogP contribution in [0.5, 0.6) is 0 Å². The Kier molecular flexibility index (Phi) is 5.06. The molecule has 7 nitrogen and oxygen atoms in total. The molecule has 0 fully saturated rings. The van der Waals surface area contributed by atoms with Gasteiger partial charge in [0.1, 0.15) is 0 Å². The highest BCUT2D eigenvalue weighted by atomic mass is 16.4. The number of carboxylic acid groups (broad SMARTS) is 1. The third kappa shape index (κ3) is 5.37. The van der Waals surface area contributed by atoms with Crippen molar-refractivity contribution in [3.8, 4) is 6.07 Å². The van der Waals surface area contributed by atoms with E-state index in [1.54, 1.807) is 24.3 Å². The van der Waals surface area contributed by atoms with E-state index in [0.29, 0.717) is 11.3 Å². The van der Waals surface area contributed by atoms with Crippen molar-refractivity contribution in [2.24, 2.45) is 0 Å². The van der Waals surface area contributed by atoms with Crippen molar-refractivity contribution >= 4 is 17.7 Å². The highest BCUT2D eigenvalue weighted by Crippen LogP contribution is 2.10. The van der Waals surface area contributed by atoms with Crippen molar-refractivity contribution < 1.29 is 19.8 Å². The van der Waals surface area contributed by atoms with Crippen LogP contribution in [-0.4, -0.2) is 34.4 Å². The molecule has 1 aromatic rings. The number of carbonyl (C=O) groups is 2. The molecule has 1 unspecified atom stereocenters. The Balaban J connectivity index is 2.47. The SMILES string of the molecule is CC(O)(CNC(=O)Nc1ccc(C#N)cc1)CC(=O)O. The summed E-state index contributed by atoms with van der Waals surface area (Å²) in [6.45, 7) is 1.13. The Morgan fingerprint density at radius 3 is 2.45 bits per heavy atom. The number of amides is 2. The fraction of sp³-hybridized carbons (Fsp3) is 0.308. The molecule has 0 saturated heterocycles. The summed E-state index contributed by atoms with van der Waals surface area (Å²) >= 11 is 0. The number of hydrogen-bond acceptors (Lipinski definition) is 4. The molecule has 20 heavy (non-hydrogen) atoms. The molecule has 0 heterocycles. The number of carbonyl (C=O) groups excluding carboxylic acids is 1. The molecule has 0 radical (unpaired) electrons. The van der Waals surface area contributed by atoms with Gasteiger partial charge < -0.3 is 20.8 Å². The van der Waals surface area contributed by atoms with Gasteiger partial charge in [-0.1, -0.05) is 0 Å². The quantitative estimate of drug-likeness (QED) is 0.637. The number of aliphatic carboxylic acids is 1. The Labute approximate surface area is 115 Å². The van der Waals surface area contributed by atoms with Crippen molar-refractivity contribution in [1.29, 1.82) is 5.26 Å². The summed E-state index contributed by atoms with van der Waals surface area (Å²) in [6.07, 6.45) is -0.468. The summed E-state index contributed by atoms with van der Waals surface area (Å²) in [4.78, 5) is 22.0. The summed E-state index contributed by atoms with van der Waals surface area (Å²) in [7, 11) is 0. The third-order valence-corrected chi connectivity index (χ3v) is 2.43. The van der Waals surface area contributed by atoms with E-state index in [-0.39, 0.29) is 6.54 Å². The Hall–Kier alpha value is -2.59. The summed E-state index contributed by atoms with van der Waals surface area (Å²) in [5.41, 5.74) is -0.562. The number of rotatable bonds is 5. The molecule has 0 aliphatic heterocycles. The molecular weight excluding hydrogens is 262 g/mol. The van der Waals surface area contributed by atoms with Gasteiger partial charge in [-0.25, -0.2) is 4.79 Å². The van der Waals surface area contributed by atoms with Crippen LogP contribution in [-0.2, 0) is 4.79 Å². The molecular formula is C13H15N3O4. The monoisotopic (exact) mass is 277 g/mol. The molecule has 0 saturated carbocycles. The van der Waals surface area contributed by atoms with E-state index in [0.717, 1.165) is 0 Å². The Morgan fingerprint density at radius 2 is 1.95 bits per heavy atom. The van der Waals surface area contributed by atoms with Crippen molar-refractivity contribution in [3.63, 3.8) is 0 Å². The first-order valence-electron chi connectivity index (χ1n) is 5.81. The summed E-state index contributed by atoms with van der Waals surface area (Å²) < 4.78 is 0. The van der Waals surface area contributed by atoms with Crippen LogP contribution < -0.4 is 10.6 Å². The first-order valence-corrected chi connectivity index (χ1v) is 5.81. The normalized spacial score (nSPS) is 12.8. The Bertz CT molecular complexity index is 532. The number of nitrogens with zero attached hydrogens (tertiary/aromatic N) is 1. The second-order valence-corrected chi connectivity index (χ2v) is 4.56. The summed E-state index contributed by atoms with van der Waals surface area (Å²) in [5, 5.41) is 31.8. The Morgan fingerprint density at radius 1 is 1.35 bits per heavy atom. The number of aliphatic hydroxyl groups is 1. The topological polar surface area (TPSA) is 122 Å². The van der Waals surface area contributed by atoms with Gasteiger partial charge in [-0.15, -0.1) is 0 Å². The van der Waals surface area contributed by atoms with Gasteiger partial charge in [-0.2, -0.15) is 5.26 Å². The van der Waals surface area contributed by atoms with Crippen LogP contribution >= 0.6 is 0 Å². The molecule has 2 amide bonds. The number of benzene rings is 1. The maximum absolute atomic E-state index is 11.6. The van der Waals surface area contributed by atoms with Gasteiger partial charge in [-0.3, -0.25) is 4.79 Å². The van der Waals surface area contributed by atoms with Crippen LogP contribution in [0.15, 0.2) is 24.3 Å². The summed E-state index contributed by atoms with van der Waals surface area (Å²) in [5.74, 6) is -1.15. The molecule has 7 heteroatoms. The molecule has 0 aliphatic rings. The maximum Gasteiger partial charge on any atom is 0.319 e. The minimum absolute atomic E-state index is 0.193. The second-order valence-electron chi connectivity index (χ2n) is 4.56. The largest absolute Gasteiger partial charge is 0.481 e. The lowest BCUT2D eigenvalue weighted by Crippen LogP contribution is -2.43. The average Bonchev–Trinajstić information content (AvgIpc) is 2.36. The highest BCUT2D eigenvalue weighted by molar-refractivity contribution is 5.89. The fourth-order valence-electron chi connectivity index (χ4n) is 1.46. The van der Waals surface area contributed by atoms with E-state index in [9.17, 15) is 14.7 Å². The first kappa shape index (κ1) is 15.5. The lowest BCUT2D eigenvalue weighted by molar-refractivity contribution is -0.141. The van der Waals surface area contributed by atoms with Gasteiger partial charge in [0.15, 0.2) is 0 Å². The van der Waals surface area contributed by atoms with Crippen LogP contribution in [0.2, 0.25) is 0 Å². The molecule has 0 aliphatic carbocycles. The number of hydrogen-bond donors (Lipinski definition) is 4. The van der Waals surface area contributed by atoms with Crippen LogP contribution in [0, 0.1) is 11.3 Å². The summed E-state index contributed by atoms with van der Waals surface area (Å²) in [6, 6.07) is 7.61. The zero-order valence-electron chi connectivity index (χ0n) is 10.9. The average molecular weight is 277 g/mol. The van der Waals surface area contributed by atoms with E-state index in [1.807, 2.05) is 6.07 Å². The highest BCUT2D eigenvalue weighted by Gasteiger charge is 2.24. The number of nitrogens with one attached hydrogen (secondary N) is 2. The molecule has 0 spiro atoms. The zero-order chi connectivity index (χ0) is 15.2. The van der Waals surface area contributed by atoms with Crippen LogP contribution in [0.25, 0.3) is 0 Å². The van der Waals surface area contributed by atoms with Gasteiger partial charge in [0.25, 0.3) is 0 Å². The third-order valence-electron chi connectivity index (χ3n) is 2.43. The van der Waals surface area contributed by atoms with Gasteiger partial charge in [0.05, 0.1) is 23.7 Å². The number of urea groups is 1. The van der Waals surface area contributed by atoms with Crippen molar-refractivity contribution in [3.05, 3.63) is 29.8 Å². The van der Waals surface area contributed by atoms with Crippen LogP contribution in [0.3, 0.4) is 0 Å². The predicted octanol–water partition coefficient (Wildman–Crippen LogP) is 0.905. The molecule has 0 bridgehead atoms. The molecule has 4 N–H and O–H groups in total. The van der Waals surface area contributed by atoms with Crippen LogP contribution in [0.1, 0.15) is 18.9 Å². The van der Waals surface area contributed by atoms with E-state index in [1.165, 1.54) is 6.92 Å². The minimum atomic E-state index is -1.52. The molecule has 1 rings (SSSR count). The number of carboxylic acids is 1. The second kappa shape index (κ2) is 6.54. The van der Waals surface area contributed by atoms with E-state index >= 15 is 0 Å². The predicted molar refractivity (Wildman–Crippen MR) is 71.1 cm³/mol. The van der Waals surface area contributed by atoms with E-state index < -0.39 is 24.0 Å². The lowest BCUT2D eigenvalue weighted by Gasteiger charge is -2.21. The lowest BCUT2D eigenvalue weighted by atomic mass is 10.0. The van der Waals surface area contributed by atoms with Gasteiger partial charge in [-0.05, 0) is 31.2 Å². The van der Waals surface area contributed by atoms with E-state index in [2.05, 4.69) is 10.6 Å². The fourth-order valence-corrected chi connectivity index (χ4v) is 1.46. The maximum atomic E-state index is 11.6. The zero-order valence-corrected chi connectivity index (χ0v) is 10.9. The van der Waals surface area contributed by atoms with E-state index in [4.69, 9.17) is 10.4 Å². The van der Waals surface area contributed by atoms with Gasteiger partial charge in [0, 0.05) is 12.2 Å². The molecule has 1 aromatic carbocycles. The smallest absolute Gasteiger partial charge is 0.319 e. The van der Waals surface area contributed by atoms with Crippen molar-refractivity contribution in [2.75, 3.05) is 11.9 Å². The molecule has 106 valence electrons. The van der Waals surface area contributed by atoms with Gasteiger partial charge >= 0.3 is 12.0 Å². The molecule has 0 aromatic heterocycles. The number of nitriles is 1. The van der Waals surface area contributed by atoms with Crippen molar-refractivity contribution in [2.45, 2.75) is 18.9 Å².